The Hall–Kier alpha value is 0.0518. The minimum atomic E-state index is -1.24. The Balaban J connectivity index is 2.03. The second kappa shape index (κ2) is 4.04. The molecule has 4 aliphatic rings. The lowest BCUT2D eigenvalue weighted by atomic mass is 9.43. The van der Waals surface area contributed by atoms with Crippen LogP contribution in [0.4, 0.5) is 0 Å². The van der Waals surface area contributed by atoms with Gasteiger partial charge in [-0.15, -0.1) is 0 Å². The van der Waals surface area contributed by atoms with Gasteiger partial charge in [0.1, 0.15) is 0 Å². The molecule has 3 heteroatoms. The molecule has 19 heavy (non-hydrogen) atoms. The molecule has 0 saturated heterocycles. The lowest BCUT2D eigenvalue weighted by Crippen LogP contribution is -2.52. The van der Waals surface area contributed by atoms with E-state index in [2.05, 4.69) is 46.4 Å². The van der Waals surface area contributed by atoms with Gasteiger partial charge in [0.25, 0.3) is 6.13 Å². The standard InChI is InChI=1S/C16H26BClSi/c1-10-12-7-11-8-14(16(11,2)3)13(12)9-17(18)15(10)19(4,5)6/h9,11,14-15H,7-8H2,1-6H3/t11-,14-,15+/m0/s1. The first kappa shape index (κ1) is 14.0. The summed E-state index contributed by atoms with van der Waals surface area (Å²) in [5.41, 5.74) is 6.11. The zero-order valence-corrected chi connectivity index (χ0v) is 14.9. The highest BCUT2D eigenvalue weighted by Gasteiger charge is 2.56. The van der Waals surface area contributed by atoms with Gasteiger partial charge < -0.3 is 0 Å². The molecule has 0 aromatic carbocycles. The van der Waals surface area contributed by atoms with Gasteiger partial charge in [0.15, 0.2) is 0 Å². The first-order chi connectivity index (χ1) is 8.64. The van der Waals surface area contributed by atoms with Crippen LogP contribution in [-0.4, -0.2) is 14.2 Å². The number of rotatable bonds is 1. The molecule has 4 rings (SSSR count). The molecule has 0 nitrogen and oxygen atoms in total. The lowest BCUT2D eigenvalue weighted by Gasteiger charge is -2.60. The third kappa shape index (κ3) is 1.86. The lowest BCUT2D eigenvalue weighted by molar-refractivity contribution is -0.0116. The number of allylic oxidation sites excluding steroid dienone is 3. The smallest absolute Gasteiger partial charge is 0.189 e. The van der Waals surface area contributed by atoms with Gasteiger partial charge in [0.2, 0.25) is 0 Å². The summed E-state index contributed by atoms with van der Waals surface area (Å²) in [4.78, 5) is 0. The van der Waals surface area contributed by atoms with Gasteiger partial charge in [0.05, 0.1) is 0 Å². The molecule has 3 aliphatic carbocycles. The second-order valence-electron chi connectivity index (χ2n) is 8.58. The SMILES string of the molecule is CC1=C2C[C@H]3C[C@@H](C2=CB(Cl)[C@@H]1[Si](C)(C)C)C3(C)C. The van der Waals surface area contributed by atoms with Gasteiger partial charge in [-0.1, -0.05) is 50.6 Å². The third-order valence-electron chi connectivity index (χ3n) is 6.18. The molecule has 1 heterocycles. The molecule has 0 aromatic rings. The maximum absolute atomic E-state index is 6.78. The third-order valence-corrected chi connectivity index (χ3v) is 9.43. The van der Waals surface area contributed by atoms with E-state index in [4.69, 9.17) is 11.5 Å². The predicted octanol–water partition coefficient (Wildman–Crippen LogP) is 5.33. The molecular weight excluding hydrogens is 267 g/mol. The molecule has 3 fully saturated rings. The van der Waals surface area contributed by atoms with Crippen molar-refractivity contribution in [2.24, 2.45) is 17.3 Å². The van der Waals surface area contributed by atoms with Crippen LogP contribution in [0, 0.1) is 17.3 Å². The van der Waals surface area contributed by atoms with Crippen molar-refractivity contribution in [3.63, 3.8) is 0 Å². The number of hydrogen-bond acceptors (Lipinski definition) is 0. The fourth-order valence-corrected chi connectivity index (χ4v) is 8.88. The zero-order chi connectivity index (χ0) is 14.2. The van der Waals surface area contributed by atoms with E-state index >= 15 is 0 Å². The van der Waals surface area contributed by atoms with Crippen LogP contribution in [0.5, 0.6) is 0 Å². The summed E-state index contributed by atoms with van der Waals surface area (Å²) in [6.45, 7) is 14.7. The minimum Gasteiger partial charge on any atom is -0.189 e. The van der Waals surface area contributed by atoms with Crippen LogP contribution in [0.3, 0.4) is 0 Å². The molecule has 0 N–H and O–H groups in total. The molecule has 104 valence electrons. The van der Waals surface area contributed by atoms with Gasteiger partial charge >= 0.3 is 0 Å². The van der Waals surface area contributed by atoms with E-state index in [0.717, 1.165) is 11.8 Å². The maximum Gasteiger partial charge on any atom is 0.280 e. The quantitative estimate of drug-likeness (QED) is 0.573. The number of hydrogen-bond donors (Lipinski definition) is 0. The van der Waals surface area contributed by atoms with Crippen molar-refractivity contribution in [1.29, 1.82) is 0 Å². The topological polar surface area (TPSA) is 0 Å². The van der Waals surface area contributed by atoms with Gasteiger partial charge in [-0.3, -0.25) is 0 Å². The highest BCUT2D eigenvalue weighted by molar-refractivity contribution is 7.17. The summed E-state index contributed by atoms with van der Waals surface area (Å²) >= 11 is 6.78. The fourth-order valence-electron chi connectivity index (χ4n) is 4.89. The van der Waals surface area contributed by atoms with Crippen molar-refractivity contribution < 1.29 is 0 Å². The van der Waals surface area contributed by atoms with Crippen LogP contribution in [0.25, 0.3) is 0 Å². The van der Waals surface area contributed by atoms with Gasteiger partial charge in [0, 0.05) is 8.07 Å². The van der Waals surface area contributed by atoms with E-state index < -0.39 is 8.07 Å². The molecule has 2 bridgehead atoms. The first-order valence-corrected chi connectivity index (χ1v) is 11.7. The molecule has 0 amide bonds. The monoisotopic (exact) mass is 292 g/mol. The summed E-state index contributed by atoms with van der Waals surface area (Å²) < 4.78 is 0. The fraction of sp³-hybridized carbons (Fsp3) is 0.750. The summed E-state index contributed by atoms with van der Waals surface area (Å²) in [7, 11) is -1.24. The van der Waals surface area contributed by atoms with Crippen LogP contribution >= 0.6 is 11.5 Å². The largest absolute Gasteiger partial charge is 0.280 e. The van der Waals surface area contributed by atoms with Gasteiger partial charge in [-0.25, -0.2) is 0 Å². The van der Waals surface area contributed by atoms with Crippen molar-refractivity contribution in [2.45, 2.75) is 58.7 Å². The van der Waals surface area contributed by atoms with Crippen LogP contribution in [-0.2, 0) is 0 Å². The van der Waals surface area contributed by atoms with Crippen LogP contribution in [0.2, 0.25) is 25.1 Å². The van der Waals surface area contributed by atoms with E-state index in [-0.39, 0.29) is 6.13 Å². The van der Waals surface area contributed by atoms with E-state index in [1.54, 1.807) is 16.7 Å². The molecule has 0 aromatic heterocycles. The molecular formula is C16H26BClSi. The molecule has 0 unspecified atom stereocenters. The van der Waals surface area contributed by atoms with Gasteiger partial charge in [-0.2, -0.15) is 11.5 Å². The highest BCUT2D eigenvalue weighted by atomic mass is 35.5. The summed E-state index contributed by atoms with van der Waals surface area (Å²) in [5, 5.41) is 0. The molecule has 1 aliphatic heterocycles. The Bertz CT molecular complexity index is 483. The average molecular weight is 293 g/mol. The predicted molar refractivity (Wildman–Crippen MR) is 89.5 cm³/mol. The average Bonchev–Trinajstić information content (AvgIpc) is 2.25. The first-order valence-electron chi connectivity index (χ1n) is 7.70. The Morgan fingerprint density at radius 3 is 2.47 bits per heavy atom. The normalized spacial score (nSPS) is 36.7. The molecule has 3 atom stereocenters. The highest BCUT2D eigenvalue weighted by Crippen LogP contribution is 2.65. The van der Waals surface area contributed by atoms with Crippen LogP contribution in [0.15, 0.2) is 22.7 Å². The Morgan fingerprint density at radius 1 is 1.32 bits per heavy atom. The van der Waals surface area contributed by atoms with Crippen molar-refractivity contribution >= 4 is 25.7 Å². The van der Waals surface area contributed by atoms with Crippen molar-refractivity contribution in [1.82, 2.24) is 0 Å². The van der Waals surface area contributed by atoms with Crippen molar-refractivity contribution in [2.75, 3.05) is 0 Å². The second-order valence-corrected chi connectivity index (χ2v) is 14.4. The zero-order valence-electron chi connectivity index (χ0n) is 13.2. The molecule has 0 radical (unpaired) electrons. The van der Waals surface area contributed by atoms with Crippen LogP contribution in [0.1, 0.15) is 33.6 Å². The van der Waals surface area contributed by atoms with E-state index in [1.807, 2.05) is 0 Å². The Morgan fingerprint density at radius 2 is 1.95 bits per heavy atom. The Labute approximate surface area is 124 Å². The maximum atomic E-state index is 6.78. The summed E-state index contributed by atoms with van der Waals surface area (Å²) in [6.07, 6.45) is 2.95. The van der Waals surface area contributed by atoms with E-state index in [9.17, 15) is 0 Å². The number of halogens is 1. The minimum absolute atomic E-state index is 0.235. The molecule has 3 saturated carbocycles. The van der Waals surface area contributed by atoms with Gasteiger partial charge in [-0.05, 0) is 48.0 Å². The summed E-state index contributed by atoms with van der Waals surface area (Å²) in [6, 6.07) is 0. The van der Waals surface area contributed by atoms with E-state index in [1.165, 1.54) is 12.8 Å². The van der Waals surface area contributed by atoms with E-state index in [0.29, 0.717) is 10.9 Å². The van der Waals surface area contributed by atoms with Crippen LogP contribution < -0.4 is 0 Å². The van der Waals surface area contributed by atoms with Crippen molar-refractivity contribution in [3.05, 3.63) is 22.7 Å². The summed E-state index contributed by atoms with van der Waals surface area (Å²) in [5.74, 6) is 4.13. The molecule has 0 spiro atoms. The Kier molecular flexibility index (Phi) is 2.98. The van der Waals surface area contributed by atoms with Crippen molar-refractivity contribution in [3.8, 4) is 0 Å².